The van der Waals surface area contributed by atoms with E-state index in [1.165, 1.54) is 32.2 Å². The molecule has 0 spiro atoms. The maximum absolute atomic E-state index is 6.00. The highest BCUT2D eigenvalue weighted by Crippen LogP contribution is 2.22. The summed E-state index contributed by atoms with van der Waals surface area (Å²) in [7, 11) is 4.48. The van der Waals surface area contributed by atoms with Gasteiger partial charge in [0.15, 0.2) is 0 Å². The van der Waals surface area contributed by atoms with E-state index in [0.717, 1.165) is 26.3 Å². The number of likely N-dealkylation sites (N-methyl/N-ethyl adjacent to an activating group) is 2. The smallest absolute Gasteiger partial charge is 0.0509 e. The van der Waals surface area contributed by atoms with Gasteiger partial charge in [-0.3, -0.25) is 0 Å². The predicted octanol–water partition coefficient (Wildman–Crippen LogP) is 0.766. The zero-order valence-electron chi connectivity index (χ0n) is 12.0. The molecule has 0 bridgehead atoms. The SMILES string of the molecule is CN1CCCC1CN(C)C(CN)C1CCCOC1. The number of hydrogen-bond acceptors (Lipinski definition) is 4. The first-order valence-electron chi connectivity index (χ1n) is 7.40. The van der Waals surface area contributed by atoms with Crippen LogP contribution in [-0.2, 0) is 4.74 Å². The Bertz CT molecular complexity index is 243. The number of rotatable bonds is 5. The Morgan fingerprint density at radius 2 is 2.22 bits per heavy atom. The number of likely N-dealkylation sites (tertiary alicyclic amines) is 1. The molecule has 4 heteroatoms. The zero-order valence-corrected chi connectivity index (χ0v) is 12.0. The Morgan fingerprint density at radius 3 is 2.78 bits per heavy atom. The van der Waals surface area contributed by atoms with Gasteiger partial charge in [-0.25, -0.2) is 0 Å². The standard InChI is InChI=1S/C14H29N3O/c1-16-7-3-6-13(16)10-17(2)14(9-15)12-5-4-8-18-11-12/h12-14H,3-11,15H2,1-2H3. The third-order valence-electron chi connectivity index (χ3n) is 4.72. The average Bonchev–Trinajstić information content (AvgIpc) is 2.77. The van der Waals surface area contributed by atoms with Gasteiger partial charge in [-0.05, 0) is 52.2 Å². The second-order valence-corrected chi connectivity index (χ2v) is 6.00. The van der Waals surface area contributed by atoms with Crippen LogP contribution in [0.2, 0.25) is 0 Å². The second kappa shape index (κ2) is 6.85. The van der Waals surface area contributed by atoms with Crippen molar-refractivity contribution in [1.29, 1.82) is 0 Å². The fourth-order valence-electron chi connectivity index (χ4n) is 3.48. The summed E-state index contributed by atoms with van der Waals surface area (Å²) < 4.78 is 5.61. The lowest BCUT2D eigenvalue weighted by molar-refractivity contribution is 0.0133. The minimum atomic E-state index is 0.485. The largest absolute Gasteiger partial charge is 0.381 e. The Kier molecular flexibility index (Phi) is 5.42. The topological polar surface area (TPSA) is 41.7 Å². The molecule has 2 rings (SSSR count). The van der Waals surface area contributed by atoms with Crippen LogP contribution in [0.5, 0.6) is 0 Å². The van der Waals surface area contributed by atoms with Crippen LogP contribution in [0.15, 0.2) is 0 Å². The molecule has 2 N–H and O–H groups in total. The summed E-state index contributed by atoms with van der Waals surface area (Å²) >= 11 is 0. The molecule has 0 aliphatic carbocycles. The lowest BCUT2D eigenvalue weighted by Crippen LogP contribution is -2.50. The van der Waals surface area contributed by atoms with E-state index in [2.05, 4.69) is 23.9 Å². The number of hydrogen-bond donors (Lipinski definition) is 1. The van der Waals surface area contributed by atoms with Gasteiger partial charge in [0.05, 0.1) is 6.61 Å². The molecule has 0 aromatic rings. The highest BCUT2D eigenvalue weighted by Gasteiger charge is 2.29. The van der Waals surface area contributed by atoms with Gasteiger partial charge in [-0.15, -0.1) is 0 Å². The molecule has 3 atom stereocenters. The molecule has 4 nitrogen and oxygen atoms in total. The van der Waals surface area contributed by atoms with Crippen LogP contribution in [-0.4, -0.2) is 68.8 Å². The van der Waals surface area contributed by atoms with Crippen molar-refractivity contribution in [3.63, 3.8) is 0 Å². The van der Waals surface area contributed by atoms with Gasteiger partial charge in [0.25, 0.3) is 0 Å². The second-order valence-electron chi connectivity index (χ2n) is 6.00. The van der Waals surface area contributed by atoms with Crippen molar-refractivity contribution in [2.45, 2.75) is 37.8 Å². The van der Waals surface area contributed by atoms with E-state index in [1.807, 2.05) is 0 Å². The Hall–Kier alpha value is -0.160. The minimum Gasteiger partial charge on any atom is -0.381 e. The highest BCUT2D eigenvalue weighted by atomic mass is 16.5. The van der Waals surface area contributed by atoms with E-state index in [9.17, 15) is 0 Å². The molecule has 18 heavy (non-hydrogen) atoms. The van der Waals surface area contributed by atoms with Crippen molar-refractivity contribution in [3.05, 3.63) is 0 Å². The molecule has 0 saturated carbocycles. The van der Waals surface area contributed by atoms with E-state index in [-0.39, 0.29) is 0 Å². The van der Waals surface area contributed by atoms with Crippen molar-refractivity contribution >= 4 is 0 Å². The van der Waals surface area contributed by atoms with Crippen LogP contribution in [0.1, 0.15) is 25.7 Å². The molecule has 2 fully saturated rings. The van der Waals surface area contributed by atoms with Crippen molar-refractivity contribution in [2.75, 3.05) is 46.9 Å². The lowest BCUT2D eigenvalue weighted by Gasteiger charge is -2.37. The van der Waals surface area contributed by atoms with Crippen LogP contribution in [0.4, 0.5) is 0 Å². The van der Waals surface area contributed by atoms with E-state index >= 15 is 0 Å². The van der Waals surface area contributed by atoms with Crippen LogP contribution >= 0.6 is 0 Å². The molecule has 106 valence electrons. The Morgan fingerprint density at radius 1 is 1.39 bits per heavy atom. The lowest BCUT2D eigenvalue weighted by atomic mass is 9.92. The van der Waals surface area contributed by atoms with Gasteiger partial charge in [0.1, 0.15) is 0 Å². The quantitative estimate of drug-likeness (QED) is 0.788. The summed E-state index contributed by atoms with van der Waals surface area (Å²) in [5.41, 5.74) is 6.00. The number of ether oxygens (including phenoxy) is 1. The molecule has 2 aliphatic rings. The van der Waals surface area contributed by atoms with Gasteiger partial charge >= 0.3 is 0 Å². The first-order chi connectivity index (χ1) is 8.72. The summed E-state index contributed by atoms with van der Waals surface area (Å²) in [6, 6.07) is 1.20. The van der Waals surface area contributed by atoms with Crippen molar-refractivity contribution in [2.24, 2.45) is 11.7 Å². The molecule has 2 heterocycles. The van der Waals surface area contributed by atoms with E-state index < -0.39 is 0 Å². The van der Waals surface area contributed by atoms with Crippen LogP contribution in [0.3, 0.4) is 0 Å². The molecule has 2 aliphatic heterocycles. The molecule has 0 amide bonds. The normalized spacial score (nSPS) is 32.0. The zero-order chi connectivity index (χ0) is 13.0. The van der Waals surface area contributed by atoms with Crippen LogP contribution < -0.4 is 5.73 Å². The van der Waals surface area contributed by atoms with Crippen LogP contribution in [0.25, 0.3) is 0 Å². The van der Waals surface area contributed by atoms with Crippen LogP contribution in [0, 0.1) is 5.92 Å². The third-order valence-corrected chi connectivity index (χ3v) is 4.72. The van der Waals surface area contributed by atoms with Gasteiger partial charge in [0.2, 0.25) is 0 Å². The van der Waals surface area contributed by atoms with Crippen molar-refractivity contribution in [1.82, 2.24) is 9.80 Å². The molecule has 3 unspecified atom stereocenters. The van der Waals surface area contributed by atoms with E-state index in [0.29, 0.717) is 18.0 Å². The van der Waals surface area contributed by atoms with E-state index in [4.69, 9.17) is 10.5 Å². The molecule has 2 saturated heterocycles. The molecular weight excluding hydrogens is 226 g/mol. The minimum absolute atomic E-state index is 0.485. The molecule has 0 radical (unpaired) electrons. The monoisotopic (exact) mass is 255 g/mol. The van der Waals surface area contributed by atoms with Gasteiger partial charge in [0, 0.05) is 31.8 Å². The van der Waals surface area contributed by atoms with Crippen molar-refractivity contribution < 1.29 is 4.74 Å². The fourth-order valence-corrected chi connectivity index (χ4v) is 3.48. The summed E-state index contributed by atoms with van der Waals surface area (Å²) in [6.45, 7) is 4.98. The number of nitrogens with two attached hydrogens (primary N) is 1. The van der Waals surface area contributed by atoms with E-state index in [1.54, 1.807) is 0 Å². The van der Waals surface area contributed by atoms with Gasteiger partial charge in [-0.2, -0.15) is 0 Å². The Labute approximate surface area is 111 Å². The average molecular weight is 255 g/mol. The summed E-state index contributed by atoms with van der Waals surface area (Å²) in [5, 5.41) is 0. The maximum atomic E-state index is 6.00. The Balaban J connectivity index is 1.85. The summed E-state index contributed by atoms with van der Waals surface area (Å²) in [4.78, 5) is 4.97. The first kappa shape index (κ1) is 14.3. The van der Waals surface area contributed by atoms with Crippen molar-refractivity contribution in [3.8, 4) is 0 Å². The van der Waals surface area contributed by atoms with Gasteiger partial charge < -0.3 is 20.3 Å². The molecule has 0 aromatic carbocycles. The summed E-state index contributed by atoms with van der Waals surface area (Å²) in [5.74, 6) is 0.625. The third kappa shape index (κ3) is 3.44. The predicted molar refractivity (Wildman–Crippen MR) is 74.7 cm³/mol. The fraction of sp³-hybridized carbons (Fsp3) is 1.00. The molecular formula is C14H29N3O. The summed E-state index contributed by atoms with van der Waals surface area (Å²) in [6.07, 6.45) is 5.14. The highest BCUT2D eigenvalue weighted by molar-refractivity contribution is 4.85. The maximum Gasteiger partial charge on any atom is 0.0509 e. The number of nitrogens with zero attached hydrogens (tertiary/aromatic N) is 2. The molecule has 0 aromatic heterocycles. The van der Waals surface area contributed by atoms with Gasteiger partial charge in [-0.1, -0.05) is 0 Å². The first-order valence-corrected chi connectivity index (χ1v) is 7.40.